The van der Waals surface area contributed by atoms with Crippen LogP contribution in [0, 0.1) is 23.7 Å². The Hall–Kier alpha value is -0.480. The molecule has 1 aliphatic carbocycles. The van der Waals surface area contributed by atoms with Gasteiger partial charge < -0.3 is 5.32 Å². The first-order valence-corrected chi connectivity index (χ1v) is 7.27. The van der Waals surface area contributed by atoms with Gasteiger partial charge in [0.15, 0.2) is 0 Å². The van der Waals surface area contributed by atoms with Gasteiger partial charge in [0.1, 0.15) is 0 Å². The van der Waals surface area contributed by atoms with Crippen LogP contribution >= 0.6 is 0 Å². The molecule has 0 unspecified atom stereocenters. The molecule has 1 saturated carbocycles. The van der Waals surface area contributed by atoms with Crippen molar-refractivity contribution in [2.24, 2.45) is 11.3 Å². The number of terminal acetylenes is 1. The summed E-state index contributed by atoms with van der Waals surface area (Å²) in [4.78, 5) is 0. The average molecular weight is 235 g/mol. The molecule has 0 aromatic rings. The van der Waals surface area contributed by atoms with E-state index in [1.165, 1.54) is 32.1 Å². The third kappa shape index (κ3) is 4.72. The highest BCUT2D eigenvalue weighted by atomic mass is 14.9. The standard InChI is InChI=1S/C16H29N/c1-5-7-8-13-17-15-11-9-14(10-12-15)16(3,4)6-2/h1,14-15,17H,6-13H2,2-4H3. The summed E-state index contributed by atoms with van der Waals surface area (Å²) in [7, 11) is 0. The molecule has 0 heterocycles. The number of rotatable bonds is 6. The molecule has 0 spiro atoms. The van der Waals surface area contributed by atoms with Crippen molar-refractivity contribution in [3.05, 3.63) is 0 Å². The number of hydrogen-bond donors (Lipinski definition) is 1. The SMILES string of the molecule is C#CCCCNC1CCC(C(C)(C)CC)CC1. The van der Waals surface area contributed by atoms with Crippen LogP contribution in [0.15, 0.2) is 0 Å². The molecule has 0 atom stereocenters. The van der Waals surface area contributed by atoms with Crippen LogP contribution in [0.4, 0.5) is 0 Å². The second-order valence-corrected chi connectivity index (χ2v) is 6.15. The van der Waals surface area contributed by atoms with Crippen LogP contribution in [-0.4, -0.2) is 12.6 Å². The summed E-state index contributed by atoms with van der Waals surface area (Å²) in [6.07, 6.45) is 14.1. The third-order valence-electron chi connectivity index (χ3n) is 4.67. The second kappa shape index (κ2) is 7.07. The molecular weight excluding hydrogens is 206 g/mol. The van der Waals surface area contributed by atoms with Gasteiger partial charge in [-0.3, -0.25) is 0 Å². The van der Waals surface area contributed by atoms with Crippen molar-refractivity contribution in [2.45, 2.75) is 71.8 Å². The number of hydrogen-bond acceptors (Lipinski definition) is 1. The van der Waals surface area contributed by atoms with E-state index in [1.54, 1.807) is 0 Å². The Kier molecular flexibility index (Phi) is 6.06. The molecule has 0 aromatic heterocycles. The van der Waals surface area contributed by atoms with Gasteiger partial charge in [0, 0.05) is 12.5 Å². The summed E-state index contributed by atoms with van der Waals surface area (Å²) in [5.74, 6) is 3.63. The molecule has 1 N–H and O–H groups in total. The van der Waals surface area contributed by atoms with Gasteiger partial charge in [-0.2, -0.15) is 0 Å². The Balaban J connectivity index is 2.20. The Morgan fingerprint density at radius 1 is 1.24 bits per heavy atom. The van der Waals surface area contributed by atoms with Gasteiger partial charge in [-0.1, -0.05) is 27.2 Å². The first-order chi connectivity index (χ1) is 8.10. The summed E-state index contributed by atoms with van der Waals surface area (Å²) in [6.45, 7) is 8.28. The van der Waals surface area contributed by atoms with Gasteiger partial charge in [-0.15, -0.1) is 12.3 Å². The van der Waals surface area contributed by atoms with Crippen molar-refractivity contribution in [3.63, 3.8) is 0 Å². The van der Waals surface area contributed by atoms with E-state index >= 15 is 0 Å². The van der Waals surface area contributed by atoms with Crippen molar-refractivity contribution in [2.75, 3.05) is 6.54 Å². The zero-order valence-corrected chi connectivity index (χ0v) is 11.9. The van der Waals surface area contributed by atoms with Gasteiger partial charge >= 0.3 is 0 Å². The van der Waals surface area contributed by atoms with Gasteiger partial charge in [0.2, 0.25) is 0 Å². The maximum Gasteiger partial charge on any atom is 0.00981 e. The van der Waals surface area contributed by atoms with E-state index < -0.39 is 0 Å². The first-order valence-electron chi connectivity index (χ1n) is 7.27. The quantitative estimate of drug-likeness (QED) is 0.542. The van der Waals surface area contributed by atoms with Gasteiger partial charge in [-0.25, -0.2) is 0 Å². The molecule has 0 aromatic carbocycles. The minimum atomic E-state index is 0.536. The van der Waals surface area contributed by atoms with Crippen LogP contribution in [0.3, 0.4) is 0 Å². The van der Waals surface area contributed by atoms with E-state index in [9.17, 15) is 0 Å². The maximum absolute atomic E-state index is 5.25. The highest BCUT2D eigenvalue weighted by molar-refractivity contribution is 4.86. The molecule has 1 heteroatoms. The highest BCUT2D eigenvalue weighted by Gasteiger charge is 2.31. The smallest absolute Gasteiger partial charge is 0.00981 e. The normalized spacial score (nSPS) is 25.5. The largest absolute Gasteiger partial charge is 0.314 e. The zero-order valence-electron chi connectivity index (χ0n) is 11.9. The monoisotopic (exact) mass is 235 g/mol. The Labute approximate surface area is 108 Å². The predicted octanol–water partition coefficient (Wildman–Crippen LogP) is 3.98. The Morgan fingerprint density at radius 3 is 2.41 bits per heavy atom. The van der Waals surface area contributed by atoms with Crippen molar-refractivity contribution < 1.29 is 0 Å². The molecule has 0 radical (unpaired) electrons. The molecule has 0 aliphatic heterocycles. The van der Waals surface area contributed by atoms with Crippen molar-refractivity contribution in [1.29, 1.82) is 0 Å². The van der Waals surface area contributed by atoms with Crippen LogP contribution in [-0.2, 0) is 0 Å². The van der Waals surface area contributed by atoms with E-state index in [0.717, 1.165) is 31.3 Å². The van der Waals surface area contributed by atoms with E-state index in [1.807, 2.05) is 0 Å². The fourth-order valence-corrected chi connectivity index (χ4v) is 2.86. The van der Waals surface area contributed by atoms with Crippen LogP contribution in [0.25, 0.3) is 0 Å². The zero-order chi connectivity index (χ0) is 12.7. The summed E-state index contributed by atoms with van der Waals surface area (Å²) >= 11 is 0. The Morgan fingerprint density at radius 2 is 1.88 bits per heavy atom. The minimum Gasteiger partial charge on any atom is -0.314 e. The molecule has 1 aliphatic rings. The lowest BCUT2D eigenvalue weighted by molar-refractivity contribution is 0.137. The lowest BCUT2D eigenvalue weighted by Gasteiger charge is -2.39. The van der Waals surface area contributed by atoms with Crippen LogP contribution < -0.4 is 5.32 Å². The van der Waals surface area contributed by atoms with Gasteiger partial charge in [-0.05, 0) is 50.0 Å². The van der Waals surface area contributed by atoms with E-state index in [-0.39, 0.29) is 0 Å². The van der Waals surface area contributed by atoms with E-state index in [4.69, 9.17) is 6.42 Å². The molecule has 0 amide bonds. The van der Waals surface area contributed by atoms with Crippen LogP contribution in [0.2, 0.25) is 0 Å². The molecule has 98 valence electrons. The lowest BCUT2D eigenvalue weighted by atomic mass is 9.69. The molecule has 1 fully saturated rings. The molecule has 17 heavy (non-hydrogen) atoms. The average Bonchev–Trinajstić information content (AvgIpc) is 2.35. The minimum absolute atomic E-state index is 0.536. The van der Waals surface area contributed by atoms with Gasteiger partial charge in [0.25, 0.3) is 0 Å². The topological polar surface area (TPSA) is 12.0 Å². The number of nitrogens with one attached hydrogen (secondary N) is 1. The predicted molar refractivity (Wildman–Crippen MR) is 75.9 cm³/mol. The van der Waals surface area contributed by atoms with Crippen molar-refractivity contribution in [3.8, 4) is 12.3 Å². The summed E-state index contributed by atoms with van der Waals surface area (Å²) in [5.41, 5.74) is 0.536. The highest BCUT2D eigenvalue weighted by Crippen LogP contribution is 2.40. The summed E-state index contributed by atoms with van der Waals surface area (Å²) in [5, 5.41) is 3.65. The van der Waals surface area contributed by atoms with Crippen molar-refractivity contribution >= 4 is 0 Å². The fourth-order valence-electron chi connectivity index (χ4n) is 2.86. The molecule has 0 bridgehead atoms. The van der Waals surface area contributed by atoms with Crippen molar-refractivity contribution in [1.82, 2.24) is 5.32 Å². The van der Waals surface area contributed by atoms with E-state index in [0.29, 0.717) is 5.41 Å². The molecule has 1 nitrogen and oxygen atoms in total. The maximum atomic E-state index is 5.25. The summed E-state index contributed by atoms with van der Waals surface area (Å²) in [6, 6.07) is 0.747. The summed E-state index contributed by atoms with van der Waals surface area (Å²) < 4.78 is 0. The van der Waals surface area contributed by atoms with Crippen LogP contribution in [0.5, 0.6) is 0 Å². The second-order valence-electron chi connectivity index (χ2n) is 6.15. The van der Waals surface area contributed by atoms with E-state index in [2.05, 4.69) is 32.0 Å². The lowest BCUT2D eigenvalue weighted by Crippen LogP contribution is -2.37. The molecule has 0 saturated heterocycles. The Bertz CT molecular complexity index is 241. The molecular formula is C16H29N. The third-order valence-corrected chi connectivity index (χ3v) is 4.67. The van der Waals surface area contributed by atoms with Gasteiger partial charge in [0.05, 0.1) is 0 Å². The molecule has 1 rings (SSSR count). The fraction of sp³-hybridized carbons (Fsp3) is 0.875. The first kappa shape index (κ1) is 14.6. The number of unbranched alkanes of at least 4 members (excludes halogenated alkanes) is 1. The van der Waals surface area contributed by atoms with Crippen LogP contribution in [0.1, 0.15) is 65.7 Å².